The minimum absolute atomic E-state index is 0.165. The summed E-state index contributed by atoms with van der Waals surface area (Å²) in [7, 11) is 1.23. The fraction of sp³-hybridized carbons (Fsp3) is 0.846. The van der Waals surface area contributed by atoms with Crippen LogP contribution in [0.25, 0.3) is 0 Å². The number of esters is 1. The maximum atomic E-state index is 11.9. The largest absolute Gasteiger partial charge is 0.468 e. The molecule has 0 aliphatic carbocycles. The molecule has 0 fully saturated rings. The summed E-state index contributed by atoms with van der Waals surface area (Å²) >= 11 is 0. The number of nitrogens with one attached hydrogen (secondary N) is 2. The smallest absolute Gasteiger partial charge is 0.407 e. The number of rotatable bonds is 6. The van der Waals surface area contributed by atoms with E-state index in [1.165, 1.54) is 14.0 Å². The van der Waals surface area contributed by atoms with E-state index < -0.39 is 36.5 Å². The first-order valence-corrected chi connectivity index (χ1v) is 5.95. The first-order valence-electron chi connectivity index (χ1n) is 7.65. The van der Waals surface area contributed by atoms with E-state index in [0.717, 1.165) is 0 Å². The van der Waals surface area contributed by atoms with E-state index in [1.54, 1.807) is 20.8 Å². The normalized spacial score (nSPS) is 19.9. The van der Waals surface area contributed by atoms with Gasteiger partial charge < -0.3 is 20.1 Å². The van der Waals surface area contributed by atoms with Crippen molar-refractivity contribution in [3.63, 3.8) is 0 Å². The lowest BCUT2D eigenvalue weighted by atomic mass is 10.0. The van der Waals surface area contributed by atoms with Crippen LogP contribution in [0.5, 0.6) is 0 Å². The molecule has 0 bridgehead atoms. The molecule has 0 aliphatic rings. The number of hydrogen-bond acceptors (Lipinski definition) is 5. The number of alkyl carbamates (subject to hydrolysis) is 1. The number of hydrogen-bond donors (Lipinski definition) is 2. The van der Waals surface area contributed by atoms with E-state index in [2.05, 4.69) is 15.4 Å². The Balaban J connectivity index is 4.96. The van der Waals surface area contributed by atoms with Gasteiger partial charge in [-0.3, -0.25) is 4.79 Å². The van der Waals surface area contributed by atoms with Crippen LogP contribution >= 0.6 is 0 Å². The van der Waals surface area contributed by atoms with Crippen molar-refractivity contribution in [2.75, 3.05) is 20.2 Å². The van der Waals surface area contributed by atoms with Gasteiger partial charge >= 0.3 is 12.1 Å². The molecule has 0 heterocycles. The summed E-state index contributed by atoms with van der Waals surface area (Å²) in [5.74, 6) is -2.13. The van der Waals surface area contributed by atoms with Crippen molar-refractivity contribution in [2.24, 2.45) is 5.89 Å². The van der Waals surface area contributed by atoms with Crippen molar-refractivity contribution in [2.45, 2.75) is 46.2 Å². The highest BCUT2D eigenvalue weighted by Gasteiger charge is 2.21. The van der Waals surface area contributed by atoms with Crippen molar-refractivity contribution in [1.82, 2.24) is 10.6 Å². The quantitative estimate of drug-likeness (QED) is 0.716. The second-order valence-electron chi connectivity index (χ2n) is 5.07. The molecule has 0 radical (unpaired) electrons. The van der Waals surface area contributed by atoms with Crippen LogP contribution in [0.2, 0.25) is 0 Å². The summed E-state index contributed by atoms with van der Waals surface area (Å²) in [5.41, 5.74) is -0.746. The van der Waals surface area contributed by atoms with Gasteiger partial charge in [-0.25, -0.2) is 4.79 Å². The summed E-state index contributed by atoms with van der Waals surface area (Å²) in [4.78, 5) is 23.0. The fourth-order valence-electron chi connectivity index (χ4n) is 1.09. The highest BCUT2D eigenvalue weighted by atomic mass is 16.6. The second-order valence-corrected chi connectivity index (χ2v) is 5.07. The lowest BCUT2D eigenvalue weighted by Crippen LogP contribution is -2.47. The lowest BCUT2D eigenvalue weighted by molar-refractivity contribution is -0.139. The van der Waals surface area contributed by atoms with Gasteiger partial charge in [0.15, 0.2) is 0 Å². The first-order chi connectivity index (χ1) is 9.87. The van der Waals surface area contributed by atoms with Crippen LogP contribution < -0.4 is 10.6 Å². The Labute approximate surface area is 119 Å². The molecule has 2 atom stereocenters. The minimum Gasteiger partial charge on any atom is -0.468 e. The van der Waals surface area contributed by atoms with Crippen molar-refractivity contribution in [3.8, 4) is 0 Å². The van der Waals surface area contributed by atoms with Crippen LogP contribution in [0.3, 0.4) is 0 Å². The molecule has 0 aliphatic heterocycles. The van der Waals surface area contributed by atoms with Crippen LogP contribution in [0, 0.1) is 5.89 Å². The van der Waals surface area contributed by atoms with E-state index in [4.69, 9.17) is 8.85 Å². The molecule has 0 spiro atoms. The highest BCUT2D eigenvalue weighted by molar-refractivity contribution is 5.71. The monoisotopic (exact) mass is 277 g/mol. The summed E-state index contributed by atoms with van der Waals surface area (Å²) in [6.07, 6.45) is -0.853. The number of carbonyl (C=O) groups is 2. The molecule has 0 aromatic rings. The van der Waals surface area contributed by atoms with Gasteiger partial charge in [-0.2, -0.15) is 0 Å². The fourth-order valence-corrected chi connectivity index (χ4v) is 1.09. The SMILES string of the molecule is [2H]CC([2H])(C)[C@@]([2H])(CNCC(=O)OC)NC(=O)OC(C)(C)C. The maximum absolute atomic E-state index is 11.9. The predicted molar refractivity (Wildman–Crippen MR) is 72.9 cm³/mol. The van der Waals surface area contributed by atoms with Crippen LogP contribution in [0.15, 0.2) is 0 Å². The van der Waals surface area contributed by atoms with E-state index in [-0.39, 0.29) is 13.1 Å². The molecule has 6 nitrogen and oxygen atoms in total. The third-order valence-corrected chi connectivity index (χ3v) is 1.97. The topological polar surface area (TPSA) is 76.7 Å². The van der Waals surface area contributed by atoms with Crippen LogP contribution in [0.4, 0.5) is 4.79 Å². The van der Waals surface area contributed by atoms with Crippen molar-refractivity contribution >= 4 is 12.1 Å². The molecule has 19 heavy (non-hydrogen) atoms. The average molecular weight is 277 g/mol. The van der Waals surface area contributed by atoms with Gasteiger partial charge in [0, 0.05) is 15.3 Å². The molecule has 0 aromatic carbocycles. The summed E-state index contributed by atoms with van der Waals surface area (Å²) < 4.78 is 33.4. The Kier molecular flexibility index (Phi) is 5.35. The number of ether oxygens (including phenoxy) is 2. The Morgan fingerprint density at radius 1 is 1.42 bits per heavy atom. The van der Waals surface area contributed by atoms with Crippen LogP contribution in [-0.2, 0) is 14.3 Å². The Bertz CT molecular complexity index is 399. The Morgan fingerprint density at radius 3 is 2.53 bits per heavy atom. The zero-order valence-corrected chi connectivity index (χ0v) is 12.3. The molecule has 0 rings (SSSR count). The molecule has 1 amide bonds. The van der Waals surface area contributed by atoms with Gasteiger partial charge in [-0.05, 0) is 26.7 Å². The number of carbonyl (C=O) groups excluding carboxylic acids is 2. The highest BCUT2D eigenvalue weighted by Crippen LogP contribution is 2.08. The van der Waals surface area contributed by atoms with E-state index in [0.29, 0.717) is 0 Å². The van der Waals surface area contributed by atoms with Gasteiger partial charge in [-0.15, -0.1) is 0 Å². The first kappa shape index (κ1) is 12.7. The summed E-state index contributed by atoms with van der Waals surface area (Å²) in [5, 5.41) is 4.97. The number of methoxy groups -OCH3 is 1. The van der Waals surface area contributed by atoms with Gasteiger partial charge in [0.25, 0.3) is 0 Å². The summed E-state index contributed by atoms with van der Waals surface area (Å²) in [6.45, 7) is 5.62. The van der Waals surface area contributed by atoms with Crippen molar-refractivity contribution < 1.29 is 23.2 Å². The van der Waals surface area contributed by atoms with Gasteiger partial charge in [0.05, 0.1) is 15.0 Å². The molecule has 0 saturated carbocycles. The van der Waals surface area contributed by atoms with Gasteiger partial charge in [-0.1, -0.05) is 13.8 Å². The summed E-state index contributed by atoms with van der Waals surface area (Å²) in [6, 6.07) is -1.84. The standard InChI is InChI=1S/C13H26N2O4/c1-9(2)10(7-14-8-11(16)18-6)15-12(17)19-13(3,4)5/h9-10,14H,7-8H2,1-6H3,(H,15,17)/t10-/m1/s1/i1D,9D,10D/t9?,10-. The van der Waals surface area contributed by atoms with Crippen molar-refractivity contribution in [1.29, 1.82) is 0 Å². The second kappa shape index (κ2) is 7.99. The van der Waals surface area contributed by atoms with E-state index >= 15 is 0 Å². The zero-order chi connectivity index (χ0) is 17.6. The number of amides is 1. The van der Waals surface area contributed by atoms with Gasteiger partial charge in [0.2, 0.25) is 0 Å². The van der Waals surface area contributed by atoms with Gasteiger partial charge in [0.1, 0.15) is 5.60 Å². The molecule has 0 aromatic heterocycles. The van der Waals surface area contributed by atoms with Crippen LogP contribution in [0.1, 0.15) is 38.7 Å². The molecular weight excluding hydrogens is 248 g/mol. The predicted octanol–water partition coefficient (Wildman–Crippen LogP) is 1.30. The third kappa shape index (κ3) is 9.30. The average Bonchev–Trinajstić information content (AvgIpc) is 2.35. The molecule has 0 saturated heterocycles. The molecular formula is C13H26N2O4. The third-order valence-electron chi connectivity index (χ3n) is 1.97. The molecule has 1 unspecified atom stereocenters. The molecule has 6 heteroatoms. The maximum Gasteiger partial charge on any atom is 0.407 e. The molecule has 2 N–H and O–H groups in total. The Morgan fingerprint density at radius 2 is 2.05 bits per heavy atom. The Hall–Kier alpha value is -1.30. The van der Waals surface area contributed by atoms with E-state index in [9.17, 15) is 9.59 Å². The van der Waals surface area contributed by atoms with Crippen molar-refractivity contribution in [3.05, 3.63) is 0 Å². The molecule has 112 valence electrons. The van der Waals surface area contributed by atoms with E-state index in [1.807, 2.05) is 0 Å². The lowest BCUT2D eigenvalue weighted by Gasteiger charge is -2.25. The van der Waals surface area contributed by atoms with Crippen LogP contribution in [-0.4, -0.2) is 43.9 Å². The zero-order valence-electron chi connectivity index (χ0n) is 15.3. The minimum atomic E-state index is -1.84.